The average Bonchev–Trinajstić information content (AvgIpc) is 2.88. The molecule has 0 aromatic heterocycles. The number of aryl methyl sites for hydroxylation is 1. The molecule has 2 aromatic carbocycles. The molecule has 0 radical (unpaired) electrons. The van der Waals surface area contributed by atoms with E-state index in [0.29, 0.717) is 0 Å². The van der Waals surface area contributed by atoms with Crippen LogP contribution < -0.4 is 24.8 Å². The van der Waals surface area contributed by atoms with Crippen molar-refractivity contribution in [2.24, 2.45) is 5.92 Å². The summed E-state index contributed by atoms with van der Waals surface area (Å²) in [4.78, 5) is 0. The molecule has 0 unspecified atom stereocenters. The van der Waals surface area contributed by atoms with E-state index in [4.69, 9.17) is 0 Å². The molecule has 0 heterocycles. The van der Waals surface area contributed by atoms with Crippen molar-refractivity contribution in [1.82, 2.24) is 0 Å². The Morgan fingerprint density at radius 3 is 2.24 bits per heavy atom. The Kier molecular flexibility index (Phi) is 13.0. The van der Waals surface area contributed by atoms with Crippen LogP contribution in [0.25, 0.3) is 0 Å². The predicted molar refractivity (Wildman–Crippen MR) is 79.3 cm³/mol. The second-order valence-electron chi connectivity index (χ2n) is 5.89. The Bertz CT molecular complexity index is 453. The van der Waals surface area contributed by atoms with E-state index in [1.807, 2.05) is 12.1 Å². The molecular formula is C18H24Cl2Zr. The van der Waals surface area contributed by atoms with Crippen molar-refractivity contribution < 1.29 is 51.0 Å². The smallest absolute Gasteiger partial charge is 1.00 e. The van der Waals surface area contributed by atoms with Gasteiger partial charge in [-0.25, -0.2) is 17.7 Å². The maximum absolute atomic E-state index is 2.40. The minimum Gasteiger partial charge on any atom is -1.00 e. The SMILES string of the molecule is CC(C)Cc1cc(C2CC2)c[cH-]1.Cc1cc[cH-]c1.[Cl-].[Cl-].[Zr+4]. The normalized spacial score (nSPS) is 12.4. The minimum absolute atomic E-state index is 0. The van der Waals surface area contributed by atoms with Crippen LogP contribution in [0.4, 0.5) is 0 Å². The monoisotopic (exact) mass is 400 g/mol. The van der Waals surface area contributed by atoms with Crippen LogP contribution in [0.5, 0.6) is 0 Å². The molecule has 0 nitrogen and oxygen atoms in total. The number of hydrogen-bond donors (Lipinski definition) is 0. The van der Waals surface area contributed by atoms with Crippen LogP contribution in [0.15, 0.2) is 42.5 Å². The molecule has 21 heavy (non-hydrogen) atoms. The maximum Gasteiger partial charge on any atom is 4.00 e. The molecule has 1 aliphatic rings. The van der Waals surface area contributed by atoms with Crippen molar-refractivity contribution in [2.75, 3.05) is 0 Å². The zero-order valence-electron chi connectivity index (χ0n) is 13.1. The fourth-order valence-electron chi connectivity index (χ4n) is 2.25. The van der Waals surface area contributed by atoms with Gasteiger partial charge in [-0.1, -0.05) is 39.5 Å². The molecule has 1 saturated carbocycles. The molecule has 0 N–H and O–H groups in total. The van der Waals surface area contributed by atoms with Crippen molar-refractivity contribution in [3.8, 4) is 0 Å². The standard InChI is InChI=1S/C12H17.C6H7.2ClH.Zr/c1-9(2)7-10-3-4-12(8-10)11-5-6-11;1-6-4-2-3-5-6;;;/h3-4,8-9,11H,5-7H2,1-2H3;2-5H,1H3;2*1H;/q2*-1;;;+4/p-2. The van der Waals surface area contributed by atoms with Crippen LogP contribution in [0.2, 0.25) is 0 Å². The van der Waals surface area contributed by atoms with Gasteiger partial charge in [-0.15, -0.1) is 0 Å². The van der Waals surface area contributed by atoms with E-state index in [2.05, 4.69) is 51.1 Å². The van der Waals surface area contributed by atoms with Crippen LogP contribution in [-0.4, -0.2) is 0 Å². The third kappa shape index (κ3) is 9.02. The summed E-state index contributed by atoms with van der Waals surface area (Å²) in [5, 5.41) is 0. The fourth-order valence-corrected chi connectivity index (χ4v) is 2.25. The van der Waals surface area contributed by atoms with Crippen molar-refractivity contribution in [3.05, 3.63) is 59.2 Å². The third-order valence-corrected chi connectivity index (χ3v) is 3.36. The first-order valence-electron chi connectivity index (χ1n) is 7.09. The summed E-state index contributed by atoms with van der Waals surface area (Å²) in [5.74, 6) is 1.71. The van der Waals surface area contributed by atoms with Gasteiger partial charge in [0.1, 0.15) is 0 Å². The molecule has 0 saturated heterocycles. The molecule has 0 atom stereocenters. The van der Waals surface area contributed by atoms with E-state index in [-0.39, 0.29) is 51.0 Å². The minimum atomic E-state index is 0. The largest absolute Gasteiger partial charge is 4.00 e. The second kappa shape index (κ2) is 11.7. The topological polar surface area (TPSA) is 0 Å². The number of hydrogen-bond acceptors (Lipinski definition) is 0. The van der Waals surface area contributed by atoms with Crippen LogP contribution in [0, 0.1) is 12.8 Å². The molecule has 2 aromatic rings. The van der Waals surface area contributed by atoms with Crippen LogP contribution in [0.3, 0.4) is 0 Å². The molecule has 0 bridgehead atoms. The molecule has 0 amide bonds. The molecule has 1 fully saturated rings. The number of halogens is 2. The van der Waals surface area contributed by atoms with Crippen molar-refractivity contribution in [2.45, 2.75) is 46.0 Å². The summed E-state index contributed by atoms with van der Waals surface area (Å²) in [5.41, 5.74) is 4.47. The Balaban J connectivity index is 0. The van der Waals surface area contributed by atoms with Gasteiger partial charge in [0.25, 0.3) is 0 Å². The van der Waals surface area contributed by atoms with Crippen molar-refractivity contribution >= 4 is 0 Å². The van der Waals surface area contributed by atoms with Crippen LogP contribution >= 0.6 is 0 Å². The Hall–Kier alpha value is 0.163. The first-order valence-corrected chi connectivity index (χ1v) is 7.09. The quantitative estimate of drug-likeness (QED) is 0.590. The van der Waals surface area contributed by atoms with Crippen LogP contribution in [-0.2, 0) is 32.6 Å². The molecule has 114 valence electrons. The van der Waals surface area contributed by atoms with E-state index in [9.17, 15) is 0 Å². The average molecular weight is 403 g/mol. The van der Waals surface area contributed by atoms with Gasteiger partial charge in [0.05, 0.1) is 0 Å². The van der Waals surface area contributed by atoms with Crippen molar-refractivity contribution in [1.29, 1.82) is 0 Å². The third-order valence-electron chi connectivity index (χ3n) is 3.36. The zero-order chi connectivity index (χ0) is 13.0. The van der Waals surface area contributed by atoms with E-state index >= 15 is 0 Å². The molecule has 0 aliphatic heterocycles. The van der Waals surface area contributed by atoms with Crippen LogP contribution in [0.1, 0.15) is 49.3 Å². The van der Waals surface area contributed by atoms with E-state index < -0.39 is 0 Å². The van der Waals surface area contributed by atoms with Crippen molar-refractivity contribution in [3.63, 3.8) is 0 Å². The Morgan fingerprint density at radius 1 is 1.19 bits per heavy atom. The first-order chi connectivity index (χ1) is 8.65. The molecule has 3 rings (SSSR count). The van der Waals surface area contributed by atoms with Gasteiger partial charge in [-0.3, -0.25) is 0 Å². The van der Waals surface area contributed by atoms with Gasteiger partial charge in [-0.05, 0) is 12.3 Å². The summed E-state index contributed by atoms with van der Waals surface area (Å²) < 4.78 is 0. The first kappa shape index (κ1) is 23.4. The van der Waals surface area contributed by atoms with Gasteiger partial charge in [-0.2, -0.15) is 41.5 Å². The predicted octanol–water partition coefficient (Wildman–Crippen LogP) is -0.799. The van der Waals surface area contributed by atoms with Gasteiger partial charge in [0.2, 0.25) is 0 Å². The van der Waals surface area contributed by atoms with E-state index in [1.165, 1.54) is 30.4 Å². The summed E-state index contributed by atoms with van der Waals surface area (Å²) in [6.45, 7) is 6.65. The molecule has 1 aliphatic carbocycles. The summed E-state index contributed by atoms with van der Waals surface area (Å²) >= 11 is 0. The van der Waals surface area contributed by atoms with E-state index in [0.717, 1.165) is 11.8 Å². The Labute approximate surface area is 161 Å². The van der Waals surface area contributed by atoms with Gasteiger partial charge in [0, 0.05) is 0 Å². The summed E-state index contributed by atoms with van der Waals surface area (Å²) in [7, 11) is 0. The second-order valence-corrected chi connectivity index (χ2v) is 5.89. The summed E-state index contributed by atoms with van der Waals surface area (Å²) in [6, 6.07) is 15.3. The van der Waals surface area contributed by atoms with Gasteiger partial charge >= 0.3 is 26.2 Å². The fraction of sp³-hybridized carbons (Fsp3) is 0.444. The number of rotatable bonds is 3. The Morgan fingerprint density at radius 2 is 1.86 bits per heavy atom. The summed E-state index contributed by atoms with van der Waals surface area (Å²) in [6.07, 6.45) is 4.09. The maximum atomic E-state index is 2.40. The molecule has 0 spiro atoms. The van der Waals surface area contributed by atoms with Gasteiger partial charge in [0.15, 0.2) is 0 Å². The van der Waals surface area contributed by atoms with E-state index in [1.54, 1.807) is 5.56 Å². The zero-order valence-corrected chi connectivity index (χ0v) is 17.0. The van der Waals surface area contributed by atoms with Gasteiger partial charge < -0.3 is 24.8 Å². The molecule has 3 heteroatoms. The molecular weight excluding hydrogens is 378 g/mol.